The van der Waals surface area contributed by atoms with E-state index in [1.54, 1.807) is 12.1 Å². The van der Waals surface area contributed by atoms with Crippen molar-refractivity contribution in [2.24, 2.45) is 0 Å². The number of rotatable bonds is 2. The maximum Gasteiger partial charge on any atom is 0.193 e. The molecule has 0 unspecified atom stereocenters. The van der Waals surface area contributed by atoms with Crippen LogP contribution in [0.2, 0.25) is 0 Å². The largest absolute Gasteiger partial charge is 0.454 e. The lowest BCUT2D eigenvalue weighted by molar-refractivity contribution is 0.620. The van der Waals surface area contributed by atoms with E-state index in [9.17, 15) is 4.79 Å². The zero-order valence-corrected chi connectivity index (χ0v) is 14.5. The van der Waals surface area contributed by atoms with Gasteiger partial charge in [0, 0.05) is 30.4 Å². The number of hydrogen-bond acceptors (Lipinski definition) is 5. The molecule has 0 saturated carbocycles. The third-order valence-corrected chi connectivity index (χ3v) is 4.59. The Bertz CT molecular complexity index is 961. The molecule has 1 aliphatic rings. The first-order valence-corrected chi connectivity index (χ1v) is 8.11. The summed E-state index contributed by atoms with van der Waals surface area (Å²) >= 11 is 0. The van der Waals surface area contributed by atoms with Gasteiger partial charge in [0.1, 0.15) is 5.76 Å². The molecule has 1 saturated heterocycles. The Morgan fingerprint density at radius 3 is 2.32 bits per heavy atom. The molecule has 4 rings (SSSR count). The van der Waals surface area contributed by atoms with E-state index >= 15 is 0 Å². The summed E-state index contributed by atoms with van der Waals surface area (Å²) in [6, 6.07) is 12.8. The van der Waals surface area contributed by atoms with Crippen LogP contribution in [0.3, 0.4) is 0 Å². The van der Waals surface area contributed by atoms with Gasteiger partial charge in [-0.05, 0) is 49.2 Å². The fraction of sp³-hybridized carbons (Fsp3) is 0.211. The van der Waals surface area contributed by atoms with Crippen molar-refractivity contribution in [1.29, 1.82) is 0 Å². The number of nitrogens with zero attached hydrogens (tertiary/aromatic N) is 1. The Balaban J connectivity index is 0.00000182. The van der Waals surface area contributed by atoms with E-state index in [2.05, 4.69) is 17.0 Å². The molecule has 2 heterocycles. The highest BCUT2D eigenvalue weighted by molar-refractivity contribution is 5.94. The summed E-state index contributed by atoms with van der Waals surface area (Å²) in [4.78, 5) is 14.7. The summed E-state index contributed by atoms with van der Waals surface area (Å²) in [6.07, 6.45) is 2.48. The Kier molecular flexibility index (Phi) is 4.59. The standard InChI is InChI=1S/C19H19N3O2.ClH/c20-15-8-7-14-16(23)11-17(24-19(14)18(15)21)12-3-5-13(6-4-12)22-9-1-2-10-22;/h3-8,11H,1-2,9-10,20-21H2;1H. The molecule has 0 aliphatic carbocycles. The first kappa shape index (κ1) is 17.2. The summed E-state index contributed by atoms with van der Waals surface area (Å²) in [7, 11) is 0. The van der Waals surface area contributed by atoms with Gasteiger partial charge in [0.2, 0.25) is 0 Å². The zero-order valence-electron chi connectivity index (χ0n) is 13.7. The van der Waals surface area contributed by atoms with Crippen molar-refractivity contribution < 1.29 is 4.42 Å². The normalized spacial score (nSPS) is 13.8. The van der Waals surface area contributed by atoms with E-state index < -0.39 is 0 Å². The van der Waals surface area contributed by atoms with Gasteiger partial charge in [-0.3, -0.25) is 4.79 Å². The van der Waals surface area contributed by atoms with Crippen molar-refractivity contribution >= 4 is 40.4 Å². The monoisotopic (exact) mass is 357 g/mol. The Morgan fingerprint density at radius 1 is 0.960 bits per heavy atom. The number of halogens is 1. The van der Waals surface area contributed by atoms with Gasteiger partial charge >= 0.3 is 0 Å². The van der Waals surface area contributed by atoms with Gasteiger partial charge < -0.3 is 20.8 Å². The van der Waals surface area contributed by atoms with Gasteiger partial charge in [-0.15, -0.1) is 12.4 Å². The second kappa shape index (κ2) is 6.69. The van der Waals surface area contributed by atoms with Gasteiger partial charge in [-0.25, -0.2) is 0 Å². The molecule has 0 amide bonds. The zero-order chi connectivity index (χ0) is 16.7. The highest BCUT2D eigenvalue weighted by Crippen LogP contribution is 2.30. The molecule has 0 spiro atoms. The van der Waals surface area contributed by atoms with Crippen LogP contribution in [-0.4, -0.2) is 13.1 Å². The third-order valence-electron chi connectivity index (χ3n) is 4.59. The van der Waals surface area contributed by atoms with Crippen LogP contribution in [0.4, 0.5) is 17.1 Å². The summed E-state index contributed by atoms with van der Waals surface area (Å²) in [6.45, 7) is 2.19. The fourth-order valence-corrected chi connectivity index (χ4v) is 3.21. The molecule has 3 aromatic rings. The van der Waals surface area contributed by atoms with Crippen LogP contribution in [-0.2, 0) is 0 Å². The maximum atomic E-state index is 12.3. The molecule has 1 fully saturated rings. The lowest BCUT2D eigenvalue weighted by Crippen LogP contribution is -2.17. The molecule has 0 bridgehead atoms. The molecule has 0 radical (unpaired) electrons. The SMILES string of the molecule is Cl.Nc1ccc2c(=O)cc(-c3ccc(N4CCCC4)cc3)oc2c1N. The second-order valence-electron chi connectivity index (χ2n) is 6.16. The number of hydrogen-bond donors (Lipinski definition) is 2. The van der Waals surface area contributed by atoms with Crippen molar-refractivity contribution in [2.45, 2.75) is 12.8 Å². The van der Waals surface area contributed by atoms with Crippen LogP contribution in [0.5, 0.6) is 0 Å². The average Bonchev–Trinajstić information content (AvgIpc) is 3.13. The Labute approximate surface area is 151 Å². The van der Waals surface area contributed by atoms with E-state index in [1.807, 2.05) is 12.1 Å². The van der Waals surface area contributed by atoms with Gasteiger partial charge in [0.05, 0.1) is 16.8 Å². The topological polar surface area (TPSA) is 85.5 Å². The Hall–Kier alpha value is -2.66. The van der Waals surface area contributed by atoms with E-state index in [0.717, 1.165) is 18.7 Å². The molecule has 6 heteroatoms. The van der Waals surface area contributed by atoms with E-state index in [1.165, 1.54) is 24.6 Å². The van der Waals surface area contributed by atoms with Gasteiger partial charge in [0.25, 0.3) is 0 Å². The van der Waals surface area contributed by atoms with Crippen molar-refractivity contribution in [1.82, 2.24) is 0 Å². The third kappa shape index (κ3) is 3.03. The minimum absolute atomic E-state index is 0. The number of anilines is 3. The fourth-order valence-electron chi connectivity index (χ4n) is 3.21. The van der Waals surface area contributed by atoms with E-state index in [0.29, 0.717) is 28.1 Å². The van der Waals surface area contributed by atoms with Crippen LogP contribution in [0.25, 0.3) is 22.3 Å². The minimum atomic E-state index is -0.124. The summed E-state index contributed by atoms with van der Waals surface area (Å²) in [5.74, 6) is 0.498. The molecule has 1 aliphatic heterocycles. The van der Waals surface area contributed by atoms with Crippen LogP contribution >= 0.6 is 12.4 Å². The molecule has 4 N–H and O–H groups in total. The lowest BCUT2D eigenvalue weighted by Gasteiger charge is -2.17. The van der Waals surface area contributed by atoms with Crippen molar-refractivity contribution in [3.8, 4) is 11.3 Å². The number of nitrogens with two attached hydrogens (primary N) is 2. The molecule has 5 nitrogen and oxygen atoms in total. The summed E-state index contributed by atoms with van der Waals surface area (Å²) in [5.41, 5.74) is 14.8. The van der Waals surface area contributed by atoms with Gasteiger partial charge in [-0.1, -0.05) is 0 Å². The maximum absolute atomic E-state index is 12.3. The Morgan fingerprint density at radius 2 is 1.64 bits per heavy atom. The average molecular weight is 358 g/mol. The predicted molar refractivity (Wildman–Crippen MR) is 105 cm³/mol. The van der Waals surface area contributed by atoms with E-state index in [4.69, 9.17) is 15.9 Å². The summed E-state index contributed by atoms with van der Waals surface area (Å²) < 4.78 is 5.89. The molecule has 0 atom stereocenters. The lowest BCUT2D eigenvalue weighted by atomic mass is 10.1. The molecular weight excluding hydrogens is 338 g/mol. The number of fused-ring (bicyclic) bond motifs is 1. The van der Waals surface area contributed by atoms with Gasteiger partial charge in [-0.2, -0.15) is 0 Å². The van der Waals surface area contributed by atoms with E-state index in [-0.39, 0.29) is 17.8 Å². The van der Waals surface area contributed by atoms with Crippen LogP contribution < -0.4 is 21.8 Å². The minimum Gasteiger partial charge on any atom is -0.454 e. The molecular formula is C19H20ClN3O2. The molecule has 130 valence electrons. The summed E-state index contributed by atoms with van der Waals surface area (Å²) in [5, 5.41) is 0.444. The first-order valence-electron chi connectivity index (χ1n) is 8.11. The quantitative estimate of drug-likeness (QED) is 0.684. The molecule has 1 aromatic heterocycles. The van der Waals surface area contributed by atoms with Crippen LogP contribution in [0, 0.1) is 0 Å². The van der Waals surface area contributed by atoms with Crippen LogP contribution in [0.1, 0.15) is 12.8 Å². The van der Waals surface area contributed by atoms with Crippen molar-refractivity contribution in [2.75, 3.05) is 29.5 Å². The second-order valence-corrected chi connectivity index (χ2v) is 6.16. The van der Waals surface area contributed by atoms with Gasteiger partial charge in [0.15, 0.2) is 11.0 Å². The molecule has 2 aromatic carbocycles. The van der Waals surface area contributed by atoms with Crippen molar-refractivity contribution in [3.63, 3.8) is 0 Å². The first-order chi connectivity index (χ1) is 11.6. The highest BCUT2D eigenvalue weighted by atomic mass is 35.5. The predicted octanol–water partition coefficient (Wildman–Crippen LogP) is 3.65. The smallest absolute Gasteiger partial charge is 0.193 e. The van der Waals surface area contributed by atoms with Crippen LogP contribution in [0.15, 0.2) is 51.7 Å². The number of nitrogen functional groups attached to an aromatic ring is 2. The van der Waals surface area contributed by atoms with Crippen molar-refractivity contribution in [3.05, 3.63) is 52.7 Å². The number of benzene rings is 2. The molecule has 25 heavy (non-hydrogen) atoms. The highest BCUT2D eigenvalue weighted by Gasteiger charge is 2.14.